The lowest BCUT2D eigenvalue weighted by molar-refractivity contribution is 0.138. The van der Waals surface area contributed by atoms with Crippen molar-refractivity contribution in [3.8, 4) is 6.07 Å². The van der Waals surface area contributed by atoms with Gasteiger partial charge in [-0.25, -0.2) is 9.97 Å². The number of H-pyrrole nitrogens is 1. The topological polar surface area (TPSA) is 80.6 Å². The quantitative estimate of drug-likeness (QED) is 0.459. The van der Waals surface area contributed by atoms with Crippen molar-refractivity contribution in [3.05, 3.63) is 71.0 Å². The van der Waals surface area contributed by atoms with Gasteiger partial charge in [0.2, 0.25) is 0 Å². The molecule has 0 spiro atoms. The maximum absolute atomic E-state index is 9.07. The van der Waals surface area contributed by atoms with Crippen LogP contribution in [0, 0.1) is 11.3 Å². The summed E-state index contributed by atoms with van der Waals surface area (Å²) in [6.07, 6.45) is 7.20. The molecule has 7 heteroatoms. The van der Waals surface area contributed by atoms with E-state index in [0.717, 1.165) is 30.3 Å². The summed E-state index contributed by atoms with van der Waals surface area (Å²) >= 11 is 1.59. The maximum atomic E-state index is 9.07. The van der Waals surface area contributed by atoms with Gasteiger partial charge in [0, 0.05) is 29.8 Å². The van der Waals surface area contributed by atoms with Crippen LogP contribution in [0.1, 0.15) is 42.1 Å². The van der Waals surface area contributed by atoms with Crippen LogP contribution in [0.5, 0.6) is 0 Å². The number of hydrogen-bond donors (Lipinski definition) is 2. The molecule has 0 unspecified atom stereocenters. The van der Waals surface area contributed by atoms with Gasteiger partial charge in [-0.2, -0.15) is 5.26 Å². The Morgan fingerprint density at radius 1 is 1.23 bits per heavy atom. The lowest BCUT2D eigenvalue weighted by Crippen LogP contribution is -2.33. The molecule has 6 nitrogen and oxygen atoms in total. The van der Waals surface area contributed by atoms with Gasteiger partial charge in [0.1, 0.15) is 5.82 Å². The largest absolute Gasteiger partial charge is 0.361 e. The molecule has 0 amide bonds. The van der Waals surface area contributed by atoms with Gasteiger partial charge < -0.3 is 10.3 Å². The van der Waals surface area contributed by atoms with Gasteiger partial charge in [0.05, 0.1) is 23.4 Å². The second-order valence-electron chi connectivity index (χ2n) is 7.63. The predicted octanol–water partition coefficient (Wildman–Crippen LogP) is 5.36. The van der Waals surface area contributed by atoms with Gasteiger partial charge in [-0.15, -0.1) is 11.3 Å². The van der Waals surface area contributed by atoms with Crippen molar-refractivity contribution >= 4 is 33.2 Å². The molecule has 1 aliphatic heterocycles. The molecular formula is C23H22N6S. The standard InChI is InChI=1S/C23H22N6S/c24-13-16-6-8-26-22(12-16)28-23-27-20(15-30-23)21-3-1-2-10-29(21)14-17-4-5-19-18(11-17)7-9-25-19/h4-9,11-12,15,21,25H,1-3,10,14H2,(H,26,27,28)/t21-/m0/s1. The van der Waals surface area contributed by atoms with E-state index in [-0.39, 0.29) is 0 Å². The molecule has 1 saturated heterocycles. The number of rotatable bonds is 5. The number of nitriles is 1. The number of likely N-dealkylation sites (tertiary alicyclic amines) is 1. The number of piperidine rings is 1. The number of pyridine rings is 1. The van der Waals surface area contributed by atoms with Crippen LogP contribution in [0.3, 0.4) is 0 Å². The number of fused-ring (bicyclic) bond motifs is 1. The molecule has 0 aliphatic carbocycles. The zero-order chi connectivity index (χ0) is 20.3. The summed E-state index contributed by atoms with van der Waals surface area (Å²) in [6, 6.07) is 14.7. The van der Waals surface area contributed by atoms with Gasteiger partial charge in [-0.1, -0.05) is 12.5 Å². The Morgan fingerprint density at radius 2 is 2.20 bits per heavy atom. The van der Waals surface area contributed by atoms with E-state index in [9.17, 15) is 0 Å². The van der Waals surface area contributed by atoms with Crippen LogP contribution in [0.15, 0.2) is 54.2 Å². The average Bonchev–Trinajstić information content (AvgIpc) is 3.43. The molecule has 1 aliphatic rings. The number of benzene rings is 1. The van der Waals surface area contributed by atoms with Crippen molar-refractivity contribution in [1.29, 1.82) is 5.26 Å². The molecule has 0 saturated carbocycles. The Balaban J connectivity index is 1.33. The molecule has 5 rings (SSSR count). The number of anilines is 2. The monoisotopic (exact) mass is 414 g/mol. The van der Waals surface area contributed by atoms with Crippen LogP contribution >= 0.6 is 11.3 Å². The zero-order valence-corrected chi connectivity index (χ0v) is 17.3. The highest BCUT2D eigenvalue weighted by Gasteiger charge is 2.26. The van der Waals surface area contributed by atoms with Crippen molar-refractivity contribution in [1.82, 2.24) is 19.9 Å². The minimum atomic E-state index is 0.325. The molecule has 0 radical (unpaired) electrons. The molecule has 30 heavy (non-hydrogen) atoms. The molecule has 4 aromatic rings. The van der Waals surface area contributed by atoms with Gasteiger partial charge in [0.15, 0.2) is 5.13 Å². The molecule has 1 atom stereocenters. The summed E-state index contributed by atoms with van der Waals surface area (Å²) in [5, 5.41) is 16.5. The highest BCUT2D eigenvalue weighted by atomic mass is 32.1. The van der Waals surface area contributed by atoms with Gasteiger partial charge in [-0.3, -0.25) is 4.90 Å². The van der Waals surface area contributed by atoms with Crippen molar-refractivity contribution in [3.63, 3.8) is 0 Å². The number of thiazole rings is 1. The molecule has 3 aromatic heterocycles. The van der Waals surface area contributed by atoms with Crippen LogP contribution in [-0.4, -0.2) is 26.4 Å². The molecule has 4 heterocycles. The zero-order valence-electron chi connectivity index (χ0n) is 16.5. The molecule has 1 fully saturated rings. The Bertz CT molecular complexity index is 1200. The first-order valence-corrected chi connectivity index (χ1v) is 11.0. The Hall–Kier alpha value is -3.21. The number of aromatic nitrogens is 3. The van der Waals surface area contributed by atoms with Crippen LogP contribution < -0.4 is 5.32 Å². The normalized spacial score (nSPS) is 17.1. The fraction of sp³-hybridized carbons (Fsp3) is 0.261. The molecule has 0 bridgehead atoms. The smallest absolute Gasteiger partial charge is 0.188 e. The second kappa shape index (κ2) is 8.27. The van der Waals surface area contributed by atoms with Crippen molar-refractivity contribution in [2.45, 2.75) is 31.8 Å². The van der Waals surface area contributed by atoms with Crippen molar-refractivity contribution in [2.24, 2.45) is 0 Å². The van der Waals surface area contributed by atoms with E-state index in [1.165, 1.54) is 29.3 Å². The van der Waals surface area contributed by atoms with E-state index in [0.29, 0.717) is 17.4 Å². The number of aromatic amines is 1. The fourth-order valence-electron chi connectivity index (χ4n) is 4.13. The first-order chi connectivity index (χ1) is 14.8. The van der Waals surface area contributed by atoms with Crippen LogP contribution in [0.25, 0.3) is 10.9 Å². The molecule has 1 aromatic carbocycles. The minimum absolute atomic E-state index is 0.325. The summed E-state index contributed by atoms with van der Waals surface area (Å²) in [7, 11) is 0. The van der Waals surface area contributed by atoms with E-state index in [1.54, 1.807) is 29.7 Å². The SMILES string of the molecule is N#Cc1ccnc(Nc2nc([C@@H]3CCCCN3Cc3ccc4[nH]ccc4c3)cs2)c1. The molecular weight excluding hydrogens is 392 g/mol. The highest BCUT2D eigenvalue weighted by Crippen LogP contribution is 2.34. The van der Waals surface area contributed by atoms with E-state index in [4.69, 9.17) is 10.2 Å². The number of nitrogens with one attached hydrogen (secondary N) is 2. The van der Waals surface area contributed by atoms with E-state index in [1.807, 2.05) is 6.20 Å². The van der Waals surface area contributed by atoms with Crippen molar-refractivity contribution < 1.29 is 0 Å². The van der Waals surface area contributed by atoms with Gasteiger partial charge in [0.25, 0.3) is 0 Å². The fourth-order valence-corrected chi connectivity index (χ4v) is 4.89. The average molecular weight is 415 g/mol. The van der Waals surface area contributed by atoms with E-state index >= 15 is 0 Å². The van der Waals surface area contributed by atoms with Crippen LogP contribution in [0.2, 0.25) is 0 Å². The van der Waals surface area contributed by atoms with Crippen molar-refractivity contribution in [2.75, 3.05) is 11.9 Å². The highest BCUT2D eigenvalue weighted by molar-refractivity contribution is 7.13. The second-order valence-corrected chi connectivity index (χ2v) is 8.48. The van der Waals surface area contributed by atoms with E-state index < -0.39 is 0 Å². The van der Waals surface area contributed by atoms with Gasteiger partial charge >= 0.3 is 0 Å². The summed E-state index contributed by atoms with van der Waals surface area (Å²) in [5.74, 6) is 0.648. The third kappa shape index (κ3) is 3.92. The third-order valence-corrected chi connectivity index (χ3v) is 6.38. The van der Waals surface area contributed by atoms with Crippen LogP contribution in [0.4, 0.5) is 10.9 Å². The predicted molar refractivity (Wildman–Crippen MR) is 120 cm³/mol. The van der Waals surface area contributed by atoms with Gasteiger partial charge in [-0.05, 0) is 60.7 Å². The summed E-state index contributed by atoms with van der Waals surface area (Å²) in [5.41, 5.74) is 4.21. The Morgan fingerprint density at radius 3 is 3.13 bits per heavy atom. The number of hydrogen-bond acceptors (Lipinski definition) is 6. The Kier molecular flexibility index (Phi) is 5.18. The van der Waals surface area contributed by atoms with E-state index in [2.05, 4.69) is 55.9 Å². The first kappa shape index (κ1) is 18.8. The number of nitrogens with zero attached hydrogens (tertiary/aromatic N) is 4. The Labute approximate surface area is 179 Å². The first-order valence-electron chi connectivity index (χ1n) is 10.2. The summed E-state index contributed by atoms with van der Waals surface area (Å²) in [6.45, 7) is 2.01. The lowest BCUT2D eigenvalue weighted by Gasteiger charge is -2.34. The maximum Gasteiger partial charge on any atom is 0.188 e. The lowest BCUT2D eigenvalue weighted by atomic mass is 9.99. The molecule has 150 valence electrons. The summed E-state index contributed by atoms with van der Waals surface area (Å²) in [4.78, 5) is 15.0. The third-order valence-electron chi connectivity index (χ3n) is 5.60. The minimum Gasteiger partial charge on any atom is -0.361 e. The molecule has 2 N–H and O–H groups in total. The van der Waals surface area contributed by atoms with Crippen LogP contribution in [-0.2, 0) is 6.54 Å². The summed E-state index contributed by atoms with van der Waals surface area (Å²) < 4.78 is 0.